The maximum atomic E-state index is 13.1. The molecule has 8 nitrogen and oxygen atoms in total. The SMILES string of the molecule is CN1CCc2c(n(-c3ccc(CCNC(=O)NS(=O)(=O)c4ccc(Cl)cc4)cc3)c3cc(Br)ccc23)C1=O. The monoisotopic (exact) mass is 614 g/mol. The summed E-state index contributed by atoms with van der Waals surface area (Å²) in [5, 5.41) is 4.04. The smallest absolute Gasteiger partial charge is 0.328 e. The lowest BCUT2D eigenvalue weighted by molar-refractivity contribution is 0.0773. The molecule has 2 heterocycles. The molecule has 0 aliphatic carbocycles. The Bertz CT molecular complexity index is 1650. The zero-order valence-corrected chi connectivity index (χ0v) is 23.5. The maximum Gasteiger partial charge on any atom is 0.328 e. The Morgan fingerprint density at radius 2 is 1.76 bits per heavy atom. The van der Waals surface area contributed by atoms with Crippen LogP contribution in [0.1, 0.15) is 21.6 Å². The van der Waals surface area contributed by atoms with Crippen LogP contribution >= 0.6 is 27.5 Å². The highest BCUT2D eigenvalue weighted by Crippen LogP contribution is 2.34. The number of benzene rings is 3. The second-order valence-corrected chi connectivity index (χ2v) is 12.1. The molecule has 1 aliphatic rings. The predicted molar refractivity (Wildman–Crippen MR) is 151 cm³/mol. The number of aromatic nitrogens is 1. The summed E-state index contributed by atoms with van der Waals surface area (Å²) >= 11 is 9.35. The average molecular weight is 616 g/mol. The predicted octanol–water partition coefficient (Wildman–Crippen LogP) is 4.91. The van der Waals surface area contributed by atoms with Gasteiger partial charge in [-0.1, -0.05) is 45.7 Å². The number of nitrogens with one attached hydrogen (secondary N) is 2. The van der Waals surface area contributed by atoms with Crippen LogP contribution in [0.25, 0.3) is 16.6 Å². The Hall–Kier alpha value is -3.34. The fourth-order valence-electron chi connectivity index (χ4n) is 4.60. The number of carbonyl (C=O) groups is 2. The Morgan fingerprint density at radius 3 is 2.47 bits per heavy atom. The quantitative estimate of drug-likeness (QED) is 0.322. The lowest BCUT2D eigenvalue weighted by atomic mass is 10.0. The van der Waals surface area contributed by atoms with Crippen molar-refractivity contribution in [2.45, 2.75) is 17.7 Å². The van der Waals surface area contributed by atoms with E-state index in [9.17, 15) is 18.0 Å². The molecule has 196 valence electrons. The second kappa shape index (κ2) is 10.4. The first kappa shape index (κ1) is 26.3. The van der Waals surface area contributed by atoms with Crippen LogP contribution in [0.15, 0.2) is 76.1 Å². The van der Waals surface area contributed by atoms with E-state index in [1.165, 1.54) is 24.3 Å². The number of hydrogen-bond acceptors (Lipinski definition) is 4. The third-order valence-corrected chi connectivity index (χ3v) is 8.62. The number of rotatable bonds is 6. The molecule has 1 aliphatic heterocycles. The number of hydrogen-bond donors (Lipinski definition) is 2. The van der Waals surface area contributed by atoms with E-state index in [0.717, 1.165) is 38.6 Å². The van der Waals surface area contributed by atoms with Crippen molar-refractivity contribution in [2.75, 3.05) is 20.1 Å². The number of sulfonamides is 1. The van der Waals surface area contributed by atoms with E-state index in [-0.39, 0.29) is 17.3 Å². The van der Waals surface area contributed by atoms with E-state index in [1.54, 1.807) is 4.90 Å². The molecule has 0 saturated heterocycles. The normalized spacial score (nSPS) is 13.4. The molecule has 0 fully saturated rings. The number of fused-ring (bicyclic) bond motifs is 3. The van der Waals surface area contributed by atoms with Crippen molar-refractivity contribution < 1.29 is 18.0 Å². The van der Waals surface area contributed by atoms with Crippen molar-refractivity contribution in [2.24, 2.45) is 0 Å². The van der Waals surface area contributed by atoms with Crippen molar-refractivity contribution in [1.82, 2.24) is 19.5 Å². The number of urea groups is 1. The Morgan fingerprint density at radius 1 is 1.05 bits per heavy atom. The minimum Gasteiger partial charge on any atom is -0.340 e. The molecule has 5 rings (SSSR count). The molecular formula is C27H24BrClN4O4S. The van der Waals surface area contributed by atoms with E-state index in [0.29, 0.717) is 23.7 Å². The van der Waals surface area contributed by atoms with Crippen molar-refractivity contribution >= 4 is 60.4 Å². The molecule has 38 heavy (non-hydrogen) atoms. The molecule has 0 unspecified atom stereocenters. The van der Waals surface area contributed by atoms with Crippen molar-refractivity contribution in [3.05, 3.63) is 93.0 Å². The van der Waals surface area contributed by atoms with Gasteiger partial charge in [0.05, 0.1) is 10.4 Å². The fourth-order valence-corrected chi connectivity index (χ4v) is 6.00. The molecule has 3 amide bonds. The van der Waals surface area contributed by atoms with Gasteiger partial charge < -0.3 is 14.8 Å². The first-order valence-electron chi connectivity index (χ1n) is 11.9. The van der Waals surface area contributed by atoms with Crippen molar-refractivity contribution in [3.8, 4) is 5.69 Å². The van der Waals surface area contributed by atoms with Gasteiger partial charge in [-0.05, 0) is 72.5 Å². The molecule has 0 atom stereocenters. The maximum absolute atomic E-state index is 13.1. The molecule has 3 aromatic carbocycles. The number of amides is 3. The van der Waals surface area contributed by atoms with E-state index >= 15 is 0 Å². The summed E-state index contributed by atoms with van der Waals surface area (Å²) in [6.45, 7) is 0.918. The van der Waals surface area contributed by atoms with Gasteiger partial charge in [0.25, 0.3) is 15.9 Å². The van der Waals surface area contributed by atoms with E-state index in [4.69, 9.17) is 11.6 Å². The highest BCUT2D eigenvalue weighted by Gasteiger charge is 2.29. The van der Waals surface area contributed by atoms with Crippen LogP contribution in [0.3, 0.4) is 0 Å². The van der Waals surface area contributed by atoms with Crippen LogP contribution < -0.4 is 10.0 Å². The molecule has 0 spiro atoms. The largest absolute Gasteiger partial charge is 0.340 e. The highest BCUT2D eigenvalue weighted by molar-refractivity contribution is 9.10. The third kappa shape index (κ3) is 5.16. The first-order valence-corrected chi connectivity index (χ1v) is 14.5. The number of halogens is 2. The number of carbonyl (C=O) groups excluding carboxylic acids is 2. The van der Waals surface area contributed by atoms with Crippen LogP contribution in [0.2, 0.25) is 5.02 Å². The Labute approximate surface area is 233 Å². The van der Waals surface area contributed by atoms with Crippen LogP contribution in [0.4, 0.5) is 4.79 Å². The van der Waals surface area contributed by atoms with Gasteiger partial charge in [0.1, 0.15) is 5.69 Å². The van der Waals surface area contributed by atoms with Gasteiger partial charge in [-0.3, -0.25) is 4.79 Å². The molecule has 2 N–H and O–H groups in total. The summed E-state index contributed by atoms with van der Waals surface area (Å²) in [6, 6.07) is 18.6. The minimum absolute atomic E-state index is 0.00795. The van der Waals surface area contributed by atoms with Crippen LogP contribution in [0.5, 0.6) is 0 Å². The zero-order valence-electron chi connectivity index (χ0n) is 20.4. The lowest BCUT2D eigenvalue weighted by Gasteiger charge is -2.24. The molecule has 4 aromatic rings. The minimum atomic E-state index is -4.00. The lowest BCUT2D eigenvalue weighted by Crippen LogP contribution is -2.40. The summed E-state index contributed by atoms with van der Waals surface area (Å²) in [5.41, 5.74) is 4.51. The second-order valence-electron chi connectivity index (χ2n) is 9.03. The first-order chi connectivity index (χ1) is 18.1. The van der Waals surface area contributed by atoms with Gasteiger partial charge in [-0.25, -0.2) is 17.9 Å². The molecule has 0 bridgehead atoms. The van der Waals surface area contributed by atoms with Gasteiger partial charge in [0.2, 0.25) is 0 Å². The molecule has 11 heteroatoms. The molecule has 1 aromatic heterocycles. The van der Waals surface area contributed by atoms with Crippen molar-refractivity contribution in [1.29, 1.82) is 0 Å². The van der Waals surface area contributed by atoms with Crippen LogP contribution in [-0.2, 0) is 22.9 Å². The van der Waals surface area contributed by atoms with Crippen LogP contribution in [-0.4, -0.2) is 50.0 Å². The summed E-state index contributed by atoms with van der Waals surface area (Å²) in [6.07, 6.45) is 1.29. The van der Waals surface area contributed by atoms with E-state index < -0.39 is 16.1 Å². The summed E-state index contributed by atoms with van der Waals surface area (Å²) in [5.74, 6) is -0.00795. The van der Waals surface area contributed by atoms with Crippen molar-refractivity contribution in [3.63, 3.8) is 0 Å². The van der Waals surface area contributed by atoms with E-state index in [1.807, 2.05) is 58.8 Å². The van der Waals surface area contributed by atoms with Gasteiger partial charge in [-0.15, -0.1) is 0 Å². The highest BCUT2D eigenvalue weighted by atomic mass is 79.9. The number of likely N-dealkylation sites (N-methyl/N-ethyl adjacent to an activating group) is 1. The Kier molecular flexibility index (Phi) is 7.21. The summed E-state index contributed by atoms with van der Waals surface area (Å²) < 4.78 is 29.6. The van der Waals surface area contributed by atoms with Gasteiger partial charge >= 0.3 is 6.03 Å². The fraction of sp³-hybridized carbons (Fsp3) is 0.185. The Balaban J connectivity index is 1.29. The average Bonchev–Trinajstić information content (AvgIpc) is 3.20. The third-order valence-electron chi connectivity index (χ3n) is 6.53. The summed E-state index contributed by atoms with van der Waals surface area (Å²) in [7, 11) is -2.18. The van der Waals surface area contributed by atoms with E-state index in [2.05, 4.69) is 21.2 Å². The molecular weight excluding hydrogens is 592 g/mol. The van der Waals surface area contributed by atoms with Gasteiger partial charge in [-0.2, -0.15) is 0 Å². The molecule has 0 saturated carbocycles. The van der Waals surface area contributed by atoms with Crippen LogP contribution in [0, 0.1) is 0 Å². The molecule has 0 radical (unpaired) electrons. The van der Waals surface area contributed by atoms with Gasteiger partial charge in [0, 0.05) is 40.7 Å². The zero-order chi connectivity index (χ0) is 27.0. The standard InChI is InChI=1S/C27H24BrClN4O4S/c1-32-15-13-23-22-11-4-18(28)16-24(22)33(25(23)26(32)34)20-7-2-17(3-8-20)12-14-30-27(35)31-38(36,37)21-9-5-19(29)6-10-21/h2-11,16H,12-15H2,1H3,(H2,30,31,35). The summed E-state index contributed by atoms with van der Waals surface area (Å²) in [4.78, 5) is 27.0. The topological polar surface area (TPSA) is 101 Å². The van der Waals surface area contributed by atoms with Gasteiger partial charge in [0.15, 0.2) is 0 Å². The number of nitrogens with zero attached hydrogens (tertiary/aromatic N) is 2.